The second kappa shape index (κ2) is 5.61. The quantitative estimate of drug-likeness (QED) is 0.848. The van der Waals surface area contributed by atoms with Gasteiger partial charge in [0.2, 0.25) is 0 Å². The molecule has 96 valence electrons. The molecule has 17 heavy (non-hydrogen) atoms. The van der Waals surface area contributed by atoms with Gasteiger partial charge in [-0.15, -0.1) is 0 Å². The van der Waals surface area contributed by atoms with E-state index in [1.165, 1.54) is 12.1 Å². The molecule has 0 amide bonds. The first-order valence-corrected chi connectivity index (χ1v) is 6.06. The fourth-order valence-corrected chi connectivity index (χ4v) is 2.27. The Bertz CT molecular complexity index is 348. The van der Waals surface area contributed by atoms with Crippen LogP contribution in [0, 0.1) is 5.82 Å². The van der Waals surface area contributed by atoms with Crippen LogP contribution in [-0.4, -0.2) is 31.6 Å². The van der Waals surface area contributed by atoms with Gasteiger partial charge in [0.05, 0.1) is 6.04 Å². The third-order valence-electron chi connectivity index (χ3n) is 3.85. The van der Waals surface area contributed by atoms with Gasteiger partial charge in [0.1, 0.15) is 5.82 Å². The molecule has 0 saturated carbocycles. The van der Waals surface area contributed by atoms with Crippen LogP contribution in [-0.2, 0) is 0 Å². The fourth-order valence-electron chi connectivity index (χ4n) is 2.27. The first-order valence-electron chi connectivity index (χ1n) is 6.06. The van der Waals surface area contributed by atoms with Crippen molar-refractivity contribution in [2.24, 2.45) is 0 Å². The molecule has 0 aromatic heterocycles. The van der Waals surface area contributed by atoms with Crippen LogP contribution in [0.2, 0.25) is 0 Å². The summed E-state index contributed by atoms with van der Waals surface area (Å²) in [5.74, 6) is -0.188. The predicted molar refractivity (Wildman–Crippen MR) is 70.6 cm³/mol. The maximum absolute atomic E-state index is 13.0. The maximum Gasteiger partial charge on any atom is 0.123 e. The highest BCUT2D eigenvalue weighted by Crippen LogP contribution is 2.32. The number of rotatable bonds is 5. The molecule has 1 rings (SSSR count). The average molecular weight is 238 g/mol. The molecule has 0 fully saturated rings. The lowest BCUT2D eigenvalue weighted by molar-refractivity contribution is 0.117. The van der Waals surface area contributed by atoms with Crippen molar-refractivity contribution < 1.29 is 4.39 Å². The summed E-state index contributed by atoms with van der Waals surface area (Å²) in [7, 11) is 6.11. The SMILES string of the molecule is CCC(C)(C(NC)c1ccc(F)cc1)N(C)C. The molecule has 1 aromatic rings. The number of nitrogens with zero attached hydrogens (tertiary/aromatic N) is 1. The van der Waals surface area contributed by atoms with E-state index in [0.717, 1.165) is 12.0 Å². The highest BCUT2D eigenvalue weighted by Gasteiger charge is 2.34. The van der Waals surface area contributed by atoms with Crippen molar-refractivity contribution in [1.29, 1.82) is 0 Å². The Labute approximate surface area is 104 Å². The molecule has 2 atom stereocenters. The lowest BCUT2D eigenvalue weighted by Gasteiger charge is -2.43. The minimum atomic E-state index is -0.188. The zero-order valence-corrected chi connectivity index (χ0v) is 11.4. The number of likely N-dealkylation sites (N-methyl/N-ethyl adjacent to an activating group) is 2. The lowest BCUT2D eigenvalue weighted by Crippen LogP contribution is -2.50. The smallest absolute Gasteiger partial charge is 0.123 e. The van der Waals surface area contributed by atoms with Gasteiger partial charge >= 0.3 is 0 Å². The van der Waals surface area contributed by atoms with Crippen molar-refractivity contribution in [2.45, 2.75) is 31.8 Å². The molecule has 2 unspecified atom stereocenters. The van der Waals surface area contributed by atoms with Gasteiger partial charge in [-0.1, -0.05) is 19.1 Å². The Balaban J connectivity index is 3.09. The Kier molecular flexibility index (Phi) is 4.66. The molecule has 0 aliphatic heterocycles. The standard InChI is InChI=1S/C14H23FN2/c1-6-14(2,17(4)5)13(16-3)11-7-9-12(15)10-8-11/h7-10,13,16H,6H2,1-5H3. The van der Waals surface area contributed by atoms with Gasteiger partial charge in [0, 0.05) is 5.54 Å². The predicted octanol–water partition coefficient (Wildman–Crippen LogP) is 2.82. The third-order valence-corrected chi connectivity index (χ3v) is 3.85. The van der Waals surface area contributed by atoms with Gasteiger partial charge in [0.15, 0.2) is 0 Å². The van der Waals surface area contributed by atoms with Gasteiger partial charge in [-0.3, -0.25) is 0 Å². The third kappa shape index (κ3) is 2.85. The Morgan fingerprint density at radius 1 is 1.29 bits per heavy atom. The normalized spacial score (nSPS) is 16.9. The summed E-state index contributed by atoms with van der Waals surface area (Å²) in [6, 6.07) is 6.93. The van der Waals surface area contributed by atoms with Crippen LogP contribution in [0.3, 0.4) is 0 Å². The van der Waals surface area contributed by atoms with E-state index >= 15 is 0 Å². The Morgan fingerprint density at radius 3 is 2.18 bits per heavy atom. The van der Waals surface area contributed by atoms with E-state index < -0.39 is 0 Å². The number of hydrogen-bond acceptors (Lipinski definition) is 2. The van der Waals surface area contributed by atoms with Crippen molar-refractivity contribution in [3.63, 3.8) is 0 Å². The van der Waals surface area contributed by atoms with E-state index in [1.54, 1.807) is 0 Å². The average Bonchev–Trinajstić information content (AvgIpc) is 2.31. The first-order chi connectivity index (χ1) is 7.95. The summed E-state index contributed by atoms with van der Waals surface area (Å²) < 4.78 is 13.0. The maximum atomic E-state index is 13.0. The van der Waals surface area contributed by atoms with Gasteiger partial charge in [0.25, 0.3) is 0 Å². The fraction of sp³-hybridized carbons (Fsp3) is 0.571. The highest BCUT2D eigenvalue weighted by atomic mass is 19.1. The summed E-state index contributed by atoms with van der Waals surface area (Å²) in [5.41, 5.74) is 1.12. The first kappa shape index (κ1) is 14.1. The number of halogens is 1. The van der Waals surface area contributed by atoms with Crippen LogP contribution in [0.4, 0.5) is 4.39 Å². The monoisotopic (exact) mass is 238 g/mol. The minimum absolute atomic E-state index is 0.00653. The molecule has 0 bridgehead atoms. The van der Waals surface area contributed by atoms with Crippen LogP contribution in [0.1, 0.15) is 31.9 Å². The molecule has 1 N–H and O–H groups in total. The van der Waals surface area contributed by atoms with E-state index in [0.29, 0.717) is 0 Å². The van der Waals surface area contributed by atoms with E-state index in [-0.39, 0.29) is 17.4 Å². The highest BCUT2D eigenvalue weighted by molar-refractivity contribution is 5.23. The van der Waals surface area contributed by atoms with E-state index in [4.69, 9.17) is 0 Å². The topological polar surface area (TPSA) is 15.3 Å². The van der Waals surface area contributed by atoms with Crippen molar-refractivity contribution >= 4 is 0 Å². The van der Waals surface area contributed by atoms with Gasteiger partial charge in [-0.25, -0.2) is 4.39 Å². The van der Waals surface area contributed by atoms with Gasteiger partial charge in [-0.2, -0.15) is 0 Å². The molecule has 0 aliphatic carbocycles. The van der Waals surface area contributed by atoms with Gasteiger partial charge in [-0.05, 0) is 52.2 Å². The van der Waals surface area contributed by atoms with E-state index in [1.807, 2.05) is 19.2 Å². The van der Waals surface area contributed by atoms with Crippen LogP contribution < -0.4 is 5.32 Å². The largest absolute Gasteiger partial charge is 0.311 e. The Morgan fingerprint density at radius 2 is 1.82 bits per heavy atom. The van der Waals surface area contributed by atoms with Crippen LogP contribution in [0.15, 0.2) is 24.3 Å². The van der Waals surface area contributed by atoms with Crippen LogP contribution in [0.5, 0.6) is 0 Å². The summed E-state index contributed by atoms with van der Waals surface area (Å²) in [6.45, 7) is 4.39. The molecule has 2 nitrogen and oxygen atoms in total. The summed E-state index contributed by atoms with van der Waals surface area (Å²) in [4.78, 5) is 2.22. The van der Waals surface area contributed by atoms with Crippen LogP contribution in [0.25, 0.3) is 0 Å². The summed E-state index contributed by atoms with van der Waals surface area (Å²) >= 11 is 0. The zero-order chi connectivity index (χ0) is 13.1. The minimum Gasteiger partial charge on any atom is -0.311 e. The number of hydrogen-bond donors (Lipinski definition) is 1. The van der Waals surface area contributed by atoms with E-state index in [2.05, 4.69) is 38.2 Å². The zero-order valence-electron chi connectivity index (χ0n) is 11.4. The number of benzene rings is 1. The summed E-state index contributed by atoms with van der Waals surface area (Å²) in [5, 5.41) is 3.35. The lowest BCUT2D eigenvalue weighted by atomic mass is 9.83. The Hall–Kier alpha value is -0.930. The molecule has 1 aromatic carbocycles. The number of nitrogens with one attached hydrogen (secondary N) is 1. The molecular weight excluding hydrogens is 215 g/mol. The second-order valence-corrected chi connectivity index (χ2v) is 4.88. The van der Waals surface area contributed by atoms with Crippen molar-refractivity contribution in [3.05, 3.63) is 35.6 Å². The van der Waals surface area contributed by atoms with Gasteiger partial charge < -0.3 is 10.2 Å². The molecular formula is C14H23FN2. The second-order valence-electron chi connectivity index (χ2n) is 4.88. The molecule has 0 aliphatic rings. The molecule has 0 spiro atoms. The van der Waals surface area contributed by atoms with Crippen molar-refractivity contribution in [1.82, 2.24) is 10.2 Å². The van der Waals surface area contributed by atoms with E-state index in [9.17, 15) is 4.39 Å². The summed E-state index contributed by atoms with van der Waals surface area (Å²) in [6.07, 6.45) is 1.02. The molecule has 0 heterocycles. The van der Waals surface area contributed by atoms with Crippen LogP contribution >= 0.6 is 0 Å². The van der Waals surface area contributed by atoms with Crippen molar-refractivity contribution in [3.8, 4) is 0 Å². The molecule has 0 radical (unpaired) electrons. The molecule has 0 saturated heterocycles. The van der Waals surface area contributed by atoms with Crippen molar-refractivity contribution in [2.75, 3.05) is 21.1 Å². The molecule has 3 heteroatoms.